The number of nitrogens with one attached hydrogen (secondary N) is 1. The third-order valence-corrected chi connectivity index (χ3v) is 4.26. The highest BCUT2D eigenvalue weighted by Gasteiger charge is 2.10. The fourth-order valence-electron chi connectivity index (χ4n) is 2.23. The molecule has 2 rings (SSSR count). The summed E-state index contributed by atoms with van der Waals surface area (Å²) in [4.78, 5) is 3.61. The molecule has 1 saturated heterocycles. The summed E-state index contributed by atoms with van der Waals surface area (Å²) in [6, 6.07) is 4.02. The molecular formula is C13H22N2OS. The Hall–Kier alpha value is -0.420. The molecule has 1 aliphatic heterocycles. The number of piperazine rings is 1. The van der Waals surface area contributed by atoms with Crippen molar-refractivity contribution in [1.82, 2.24) is 10.2 Å². The van der Waals surface area contributed by atoms with Crippen molar-refractivity contribution in [2.24, 2.45) is 0 Å². The van der Waals surface area contributed by atoms with Crippen LogP contribution in [0.25, 0.3) is 0 Å². The van der Waals surface area contributed by atoms with E-state index in [-0.39, 0.29) is 6.10 Å². The molecule has 0 amide bonds. The van der Waals surface area contributed by atoms with Gasteiger partial charge in [0.1, 0.15) is 0 Å². The second kappa shape index (κ2) is 7.11. The molecule has 3 nitrogen and oxygen atoms in total. The third kappa shape index (κ3) is 4.39. The first kappa shape index (κ1) is 13.0. The van der Waals surface area contributed by atoms with E-state index in [0.29, 0.717) is 0 Å². The number of thiophene rings is 1. The fourth-order valence-corrected chi connectivity index (χ4v) is 2.98. The highest BCUT2D eigenvalue weighted by molar-refractivity contribution is 7.10. The van der Waals surface area contributed by atoms with Crippen LogP contribution in [0.2, 0.25) is 0 Å². The summed E-state index contributed by atoms with van der Waals surface area (Å²) in [5.41, 5.74) is 0. The van der Waals surface area contributed by atoms with Crippen LogP contribution in [-0.4, -0.2) is 42.7 Å². The number of unbranched alkanes of at least 4 members (excludes halogenated alkanes) is 1. The van der Waals surface area contributed by atoms with Crippen molar-refractivity contribution < 1.29 is 5.11 Å². The predicted molar refractivity (Wildman–Crippen MR) is 72.4 cm³/mol. The lowest BCUT2D eigenvalue weighted by Crippen LogP contribution is -2.43. The summed E-state index contributed by atoms with van der Waals surface area (Å²) in [5, 5.41) is 15.3. The first-order chi connectivity index (χ1) is 8.36. The maximum Gasteiger partial charge on any atom is 0.0882 e. The van der Waals surface area contributed by atoms with Crippen LogP contribution < -0.4 is 5.32 Å². The molecule has 17 heavy (non-hydrogen) atoms. The van der Waals surface area contributed by atoms with E-state index < -0.39 is 0 Å². The minimum Gasteiger partial charge on any atom is -0.388 e. The van der Waals surface area contributed by atoms with E-state index in [2.05, 4.69) is 10.2 Å². The van der Waals surface area contributed by atoms with Crippen LogP contribution in [0.1, 0.15) is 30.2 Å². The zero-order valence-corrected chi connectivity index (χ0v) is 11.1. The van der Waals surface area contributed by atoms with Crippen molar-refractivity contribution in [3.05, 3.63) is 22.4 Å². The van der Waals surface area contributed by atoms with Gasteiger partial charge in [-0.1, -0.05) is 6.07 Å². The number of nitrogens with zero attached hydrogens (tertiary/aromatic N) is 1. The lowest BCUT2D eigenvalue weighted by atomic mass is 10.1. The van der Waals surface area contributed by atoms with Gasteiger partial charge in [-0.3, -0.25) is 0 Å². The summed E-state index contributed by atoms with van der Waals surface area (Å²) in [7, 11) is 0. The van der Waals surface area contributed by atoms with E-state index >= 15 is 0 Å². The average molecular weight is 254 g/mol. The van der Waals surface area contributed by atoms with Gasteiger partial charge in [-0.2, -0.15) is 0 Å². The minimum absolute atomic E-state index is 0.252. The molecule has 96 valence electrons. The maximum atomic E-state index is 9.93. The molecule has 0 bridgehead atoms. The maximum absolute atomic E-state index is 9.93. The van der Waals surface area contributed by atoms with Gasteiger partial charge in [-0.05, 0) is 37.3 Å². The molecule has 1 atom stereocenters. The Morgan fingerprint density at radius 3 is 2.88 bits per heavy atom. The van der Waals surface area contributed by atoms with Crippen LogP contribution in [0.15, 0.2) is 17.5 Å². The van der Waals surface area contributed by atoms with E-state index in [9.17, 15) is 5.11 Å². The summed E-state index contributed by atoms with van der Waals surface area (Å²) >= 11 is 1.65. The molecule has 0 spiro atoms. The number of rotatable bonds is 6. The summed E-state index contributed by atoms with van der Waals surface area (Å²) in [6.45, 7) is 5.77. The molecule has 4 heteroatoms. The van der Waals surface area contributed by atoms with Gasteiger partial charge in [0.2, 0.25) is 0 Å². The number of hydrogen-bond donors (Lipinski definition) is 2. The van der Waals surface area contributed by atoms with Gasteiger partial charge < -0.3 is 15.3 Å². The van der Waals surface area contributed by atoms with Crippen LogP contribution in [0.5, 0.6) is 0 Å². The third-order valence-electron chi connectivity index (χ3n) is 3.28. The van der Waals surface area contributed by atoms with Gasteiger partial charge in [0, 0.05) is 31.1 Å². The van der Waals surface area contributed by atoms with Gasteiger partial charge in [0.05, 0.1) is 6.10 Å². The minimum atomic E-state index is -0.252. The Labute approximate surface area is 107 Å². The monoisotopic (exact) mass is 254 g/mol. The van der Waals surface area contributed by atoms with Crippen molar-refractivity contribution >= 4 is 11.3 Å². The van der Waals surface area contributed by atoms with Crippen LogP contribution >= 0.6 is 11.3 Å². The second-order valence-electron chi connectivity index (χ2n) is 4.62. The van der Waals surface area contributed by atoms with Gasteiger partial charge in [0.25, 0.3) is 0 Å². The SMILES string of the molecule is OC(CCCCN1CCNCC1)c1cccs1. The molecule has 1 aromatic rings. The molecule has 0 saturated carbocycles. The highest BCUT2D eigenvalue weighted by Crippen LogP contribution is 2.23. The standard InChI is InChI=1S/C13H22N2OS/c16-12(13-5-3-11-17-13)4-1-2-8-15-9-6-14-7-10-15/h3,5,11-12,14,16H,1-2,4,6-10H2. The average Bonchev–Trinajstić information content (AvgIpc) is 2.89. The molecule has 1 fully saturated rings. The highest BCUT2D eigenvalue weighted by atomic mass is 32.1. The first-order valence-electron chi connectivity index (χ1n) is 6.51. The van der Waals surface area contributed by atoms with Crippen LogP contribution in [0.3, 0.4) is 0 Å². The number of aliphatic hydroxyl groups excluding tert-OH is 1. The smallest absolute Gasteiger partial charge is 0.0882 e. The van der Waals surface area contributed by atoms with Gasteiger partial charge in [0.15, 0.2) is 0 Å². The Balaban J connectivity index is 1.56. The van der Waals surface area contributed by atoms with Crippen molar-refractivity contribution in [1.29, 1.82) is 0 Å². The first-order valence-corrected chi connectivity index (χ1v) is 7.39. The van der Waals surface area contributed by atoms with Gasteiger partial charge >= 0.3 is 0 Å². The van der Waals surface area contributed by atoms with Gasteiger partial charge in [-0.25, -0.2) is 0 Å². The summed E-state index contributed by atoms with van der Waals surface area (Å²) in [5.74, 6) is 0. The van der Waals surface area contributed by atoms with Crippen LogP contribution in [-0.2, 0) is 0 Å². The molecule has 0 aliphatic carbocycles. The molecule has 1 aromatic heterocycles. The molecule has 2 heterocycles. The van der Waals surface area contributed by atoms with Gasteiger partial charge in [-0.15, -0.1) is 11.3 Å². The fraction of sp³-hybridized carbons (Fsp3) is 0.692. The molecule has 0 aromatic carbocycles. The molecule has 1 aliphatic rings. The van der Waals surface area contributed by atoms with E-state index in [1.807, 2.05) is 17.5 Å². The zero-order chi connectivity index (χ0) is 11.9. The molecule has 1 unspecified atom stereocenters. The molecular weight excluding hydrogens is 232 g/mol. The Bertz CT molecular complexity index is 296. The van der Waals surface area contributed by atoms with Crippen molar-refractivity contribution in [3.63, 3.8) is 0 Å². The lowest BCUT2D eigenvalue weighted by Gasteiger charge is -2.27. The summed E-state index contributed by atoms with van der Waals surface area (Å²) in [6.07, 6.45) is 2.95. The van der Waals surface area contributed by atoms with Crippen molar-refractivity contribution in [2.75, 3.05) is 32.7 Å². The second-order valence-corrected chi connectivity index (χ2v) is 5.60. The van der Waals surface area contributed by atoms with Crippen LogP contribution in [0.4, 0.5) is 0 Å². The predicted octanol–water partition coefficient (Wildman–Crippen LogP) is 1.86. The van der Waals surface area contributed by atoms with E-state index in [1.165, 1.54) is 26.1 Å². The largest absolute Gasteiger partial charge is 0.388 e. The molecule has 0 radical (unpaired) electrons. The van der Waals surface area contributed by atoms with E-state index in [4.69, 9.17) is 0 Å². The van der Waals surface area contributed by atoms with Crippen LogP contribution in [0, 0.1) is 0 Å². The Kier molecular flexibility index (Phi) is 5.45. The Morgan fingerprint density at radius 2 is 2.18 bits per heavy atom. The number of hydrogen-bond acceptors (Lipinski definition) is 4. The number of aliphatic hydroxyl groups is 1. The Morgan fingerprint density at radius 1 is 1.35 bits per heavy atom. The quantitative estimate of drug-likeness (QED) is 0.761. The van der Waals surface area contributed by atoms with E-state index in [1.54, 1.807) is 11.3 Å². The molecule has 2 N–H and O–H groups in total. The van der Waals surface area contributed by atoms with Crippen molar-refractivity contribution in [3.8, 4) is 0 Å². The zero-order valence-electron chi connectivity index (χ0n) is 10.3. The normalized spacial score (nSPS) is 19.4. The lowest BCUT2D eigenvalue weighted by molar-refractivity contribution is 0.163. The van der Waals surface area contributed by atoms with E-state index in [0.717, 1.165) is 30.8 Å². The summed E-state index contributed by atoms with van der Waals surface area (Å²) < 4.78 is 0. The topological polar surface area (TPSA) is 35.5 Å². The van der Waals surface area contributed by atoms with Crippen molar-refractivity contribution in [2.45, 2.75) is 25.4 Å².